The zero-order chi connectivity index (χ0) is 21.8. The number of carbonyl (C=O) groups is 1. The van der Waals surface area contributed by atoms with Crippen molar-refractivity contribution in [2.75, 3.05) is 5.32 Å². The van der Waals surface area contributed by atoms with Crippen LogP contribution in [0.5, 0.6) is 0 Å². The summed E-state index contributed by atoms with van der Waals surface area (Å²) in [6.45, 7) is 0. The molecule has 0 radical (unpaired) electrons. The zero-order valence-electron chi connectivity index (χ0n) is 17.4. The molecule has 0 fully saturated rings. The number of fused-ring (bicyclic) bond motifs is 1. The lowest BCUT2D eigenvalue weighted by atomic mass is 10.0. The molecule has 2 heterocycles. The Morgan fingerprint density at radius 2 is 1.62 bits per heavy atom. The van der Waals surface area contributed by atoms with Crippen molar-refractivity contribution in [3.05, 3.63) is 109 Å². The molecule has 0 saturated heterocycles. The number of nitrogens with one attached hydrogen (secondary N) is 4. The van der Waals surface area contributed by atoms with E-state index >= 15 is 0 Å². The fraction of sp³-hybridized carbons (Fsp3) is 0.0769. The fourth-order valence-corrected chi connectivity index (χ4v) is 3.86. The van der Waals surface area contributed by atoms with Gasteiger partial charge in [-0.3, -0.25) is 0 Å². The number of hydrogen-bond donors (Lipinski definition) is 4. The quantitative estimate of drug-likeness (QED) is 0.285. The second-order valence-corrected chi connectivity index (χ2v) is 7.63. The number of para-hydroxylation sites is 2. The smallest absolute Gasteiger partial charge is 0.319 e. The van der Waals surface area contributed by atoms with Crippen LogP contribution in [0.1, 0.15) is 17.4 Å². The van der Waals surface area contributed by atoms with Crippen molar-refractivity contribution in [2.45, 2.75) is 12.5 Å². The average molecular weight is 422 g/mol. The van der Waals surface area contributed by atoms with E-state index in [2.05, 4.69) is 31.7 Å². The van der Waals surface area contributed by atoms with E-state index in [9.17, 15) is 4.79 Å². The maximum Gasteiger partial charge on any atom is 0.319 e. The minimum absolute atomic E-state index is 0.279. The lowest BCUT2D eigenvalue weighted by Crippen LogP contribution is -2.34. The number of H-pyrrole nitrogens is 2. The van der Waals surface area contributed by atoms with Crippen molar-refractivity contribution in [1.82, 2.24) is 20.3 Å². The van der Waals surface area contributed by atoms with Gasteiger partial charge in [0.1, 0.15) is 5.82 Å². The molecule has 5 aromatic rings. The van der Waals surface area contributed by atoms with Gasteiger partial charge in [0.15, 0.2) is 0 Å². The molecular weight excluding hydrogens is 398 g/mol. The highest BCUT2D eigenvalue weighted by Gasteiger charge is 2.20. The van der Waals surface area contributed by atoms with E-state index in [0.717, 1.165) is 33.4 Å². The molecule has 4 N–H and O–H groups in total. The minimum atomic E-state index is -0.338. The normalized spacial score (nSPS) is 11.9. The molecule has 2 amide bonds. The van der Waals surface area contributed by atoms with E-state index < -0.39 is 0 Å². The van der Waals surface area contributed by atoms with Gasteiger partial charge in [-0.1, -0.05) is 66.7 Å². The highest BCUT2D eigenvalue weighted by atomic mass is 16.2. The first-order valence-electron chi connectivity index (χ1n) is 10.5. The largest absolute Gasteiger partial charge is 0.361 e. The van der Waals surface area contributed by atoms with Gasteiger partial charge in [-0.2, -0.15) is 0 Å². The fourth-order valence-electron chi connectivity index (χ4n) is 3.86. The Labute approximate surface area is 185 Å². The number of benzene rings is 3. The molecule has 6 heteroatoms. The summed E-state index contributed by atoms with van der Waals surface area (Å²) in [7, 11) is 0. The molecule has 0 aliphatic carbocycles. The van der Waals surface area contributed by atoms with Crippen LogP contribution in [0.4, 0.5) is 10.5 Å². The highest BCUT2D eigenvalue weighted by Crippen LogP contribution is 2.25. The van der Waals surface area contributed by atoms with Gasteiger partial charge in [-0.15, -0.1) is 0 Å². The predicted molar refractivity (Wildman–Crippen MR) is 127 cm³/mol. The number of rotatable bonds is 6. The molecule has 0 unspecified atom stereocenters. The summed E-state index contributed by atoms with van der Waals surface area (Å²) in [5.74, 6) is 0.706. The van der Waals surface area contributed by atoms with Crippen molar-refractivity contribution in [3.63, 3.8) is 0 Å². The highest BCUT2D eigenvalue weighted by molar-refractivity contribution is 5.89. The third-order valence-electron chi connectivity index (χ3n) is 5.45. The second-order valence-electron chi connectivity index (χ2n) is 7.63. The Bertz CT molecular complexity index is 1320. The lowest BCUT2D eigenvalue weighted by Gasteiger charge is -2.17. The molecule has 0 aliphatic heterocycles. The standard InChI is InChI=1S/C26H23N5O/c32-26(29-20-11-5-2-6-12-20)31-23(15-19-16-27-22-14-8-7-13-21(19)22)25-28-17-24(30-25)18-9-3-1-4-10-18/h1-14,16-17,23,27H,15H2,(H,28,30)(H2,29,31,32)/t23-/m1/s1. The van der Waals surface area contributed by atoms with E-state index in [1.807, 2.05) is 91.3 Å². The first kappa shape index (κ1) is 19.6. The summed E-state index contributed by atoms with van der Waals surface area (Å²) in [6.07, 6.45) is 4.40. The van der Waals surface area contributed by atoms with Gasteiger partial charge in [0.25, 0.3) is 0 Å². The number of carbonyl (C=O) groups excluding carboxylic acids is 1. The van der Waals surface area contributed by atoms with Crippen LogP contribution < -0.4 is 10.6 Å². The number of imidazole rings is 1. The Morgan fingerprint density at radius 1 is 0.906 bits per heavy atom. The Morgan fingerprint density at radius 3 is 2.44 bits per heavy atom. The number of aromatic nitrogens is 3. The van der Waals surface area contributed by atoms with Crippen molar-refractivity contribution in [1.29, 1.82) is 0 Å². The third kappa shape index (κ3) is 4.25. The molecule has 0 spiro atoms. The van der Waals surface area contributed by atoms with Crippen LogP contribution in [-0.4, -0.2) is 21.0 Å². The first-order chi connectivity index (χ1) is 15.8. The summed E-state index contributed by atoms with van der Waals surface area (Å²) in [5, 5.41) is 7.13. The van der Waals surface area contributed by atoms with Gasteiger partial charge in [-0.05, 0) is 29.3 Å². The van der Waals surface area contributed by atoms with Crippen LogP contribution in [-0.2, 0) is 6.42 Å². The predicted octanol–water partition coefficient (Wildman–Crippen LogP) is 5.66. The zero-order valence-corrected chi connectivity index (χ0v) is 17.4. The van der Waals surface area contributed by atoms with Crippen molar-refractivity contribution < 1.29 is 4.79 Å². The maximum absolute atomic E-state index is 12.8. The molecule has 0 saturated carbocycles. The monoisotopic (exact) mass is 421 g/mol. The number of amides is 2. The molecule has 3 aromatic carbocycles. The number of nitrogens with zero attached hydrogens (tertiary/aromatic N) is 1. The van der Waals surface area contributed by atoms with Crippen molar-refractivity contribution in [2.24, 2.45) is 0 Å². The summed E-state index contributed by atoms with van der Waals surface area (Å²) in [4.78, 5) is 24.1. The Balaban J connectivity index is 1.43. The maximum atomic E-state index is 12.8. The Kier molecular flexibility index (Phi) is 5.41. The van der Waals surface area contributed by atoms with Crippen LogP contribution in [0.15, 0.2) is 97.3 Å². The van der Waals surface area contributed by atoms with E-state index in [4.69, 9.17) is 0 Å². The molecule has 6 nitrogen and oxygen atoms in total. The van der Waals surface area contributed by atoms with Crippen molar-refractivity contribution in [3.8, 4) is 11.3 Å². The van der Waals surface area contributed by atoms with Gasteiger partial charge >= 0.3 is 6.03 Å². The second kappa shape index (κ2) is 8.81. The van der Waals surface area contributed by atoms with E-state index in [1.165, 1.54) is 0 Å². The summed E-state index contributed by atoms with van der Waals surface area (Å²) < 4.78 is 0. The van der Waals surface area contributed by atoms with Crippen LogP contribution in [0.2, 0.25) is 0 Å². The van der Waals surface area contributed by atoms with E-state index in [-0.39, 0.29) is 12.1 Å². The van der Waals surface area contributed by atoms with E-state index in [0.29, 0.717) is 12.2 Å². The van der Waals surface area contributed by atoms with Crippen LogP contribution in [0.3, 0.4) is 0 Å². The molecular formula is C26H23N5O. The summed E-state index contributed by atoms with van der Waals surface area (Å²) in [5.41, 5.74) is 4.88. The molecule has 2 aromatic heterocycles. The summed E-state index contributed by atoms with van der Waals surface area (Å²) >= 11 is 0. The number of anilines is 1. The third-order valence-corrected chi connectivity index (χ3v) is 5.45. The van der Waals surface area contributed by atoms with Gasteiger partial charge in [0, 0.05) is 29.2 Å². The number of hydrogen-bond acceptors (Lipinski definition) is 2. The lowest BCUT2D eigenvalue weighted by molar-refractivity contribution is 0.248. The first-order valence-corrected chi connectivity index (χ1v) is 10.5. The van der Waals surface area contributed by atoms with Crippen LogP contribution in [0.25, 0.3) is 22.2 Å². The summed E-state index contributed by atoms with van der Waals surface area (Å²) in [6, 6.07) is 27.0. The van der Waals surface area contributed by atoms with Gasteiger partial charge in [-0.25, -0.2) is 9.78 Å². The van der Waals surface area contributed by atoms with Crippen molar-refractivity contribution >= 4 is 22.6 Å². The molecule has 1 atom stereocenters. The van der Waals surface area contributed by atoms with Gasteiger partial charge in [0.05, 0.1) is 17.9 Å². The van der Waals surface area contributed by atoms with Crippen LogP contribution in [0, 0.1) is 0 Å². The SMILES string of the molecule is O=C(Nc1ccccc1)N[C@H](Cc1c[nH]c2ccccc12)c1ncc(-c2ccccc2)[nH]1. The van der Waals surface area contributed by atoms with Gasteiger partial charge < -0.3 is 20.6 Å². The minimum Gasteiger partial charge on any atom is -0.361 e. The topological polar surface area (TPSA) is 85.6 Å². The van der Waals surface area contributed by atoms with Crippen LogP contribution >= 0.6 is 0 Å². The average Bonchev–Trinajstić information content (AvgIpc) is 3.48. The Hall–Kier alpha value is -4.32. The number of aromatic amines is 2. The number of urea groups is 1. The molecule has 0 bridgehead atoms. The van der Waals surface area contributed by atoms with E-state index in [1.54, 1.807) is 0 Å². The molecule has 5 rings (SSSR count). The van der Waals surface area contributed by atoms with Gasteiger partial charge in [0.2, 0.25) is 0 Å². The molecule has 0 aliphatic rings. The molecule has 158 valence electrons. The molecule has 32 heavy (non-hydrogen) atoms.